The summed E-state index contributed by atoms with van der Waals surface area (Å²) in [6, 6.07) is 14.1. The number of hydrogen-bond acceptors (Lipinski definition) is 4. The van der Waals surface area contributed by atoms with Crippen molar-refractivity contribution in [3.05, 3.63) is 59.9 Å². The first-order chi connectivity index (χ1) is 13.3. The van der Waals surface area contributed by atoms with Gasteiger partial charge >= 0.3 is 0 Å². The van der Waals surface area contributed by atoms with Gasteiger partial charge in [-0.25, -0.2) is 0 Å². The summed E-state index contributed by atoms with van der Waals surface area (Å²) in [5.74, 6) is 1.04. The molecule has 5 heteroatoms. The molecule has 5 nitrogen and oxygen atoms in total. The quantitative estimate of drug-likeness (QED) is 0.817. The number of benzene rings is 1. The van der Waals surface area contributed by atoms with Crippen LogP contribution in [0, 0.1) is 0 Å². The predicted molar refractivity (Wildman–Crippen MR) is 107 cm³/mol. The minimum Gasteiger partial charge on any atom is -0.497 e. The van der Waals surface area contributed by atoms with E-state index < -0.39 is 0 Å². The Bertz CT molecular complexity index is 713. The van der Waals surface area contributed by atoms with E-state index in [9.17, 15) is 4.79 Å². The van der Waals surface area contributed by atoms with Crippen molar-refractivity contribution in [3.8, 4) is 5.75 Å². The van der Waals surface area contributed by atoms with Gasteiger partial charge in [0.1, 0.15) is 5.75 Å². The van der Waals surface area contributed by atoms with Gasteiger partial charge in [-0.2, -0.15) is 0 Å². The van der Waals surface area contributed by atoms with Gasteiger partial charge in [-0.3, -0.25) is 9.78 Å². The minimum absolute atomic E-state index is 0.204. The first kappa shape index (κ1) is 19.4. The first-order valence-electron chi connectivity index (χ1n) is 9.79. The van der Waals surface area contributed by atoms with Gasteiger partial charge in [0.2, 0.25) is 5.91 Å². The van der Waals surface area contributed by atoms with Crippen LogP contribution >= 0.6 is 0 Å². The van der Waals surface area contributed by atoms with E-state index in [1.807, 2.05) is 36.4 Å². The summed E-state index contributed by atoms with van der Waals surface area (Å²) >= 11 is 0. The molecule has 1 N–H and O–H groups in total. The van der Waals surface area contributed by atoms with Crippen molar-refractivity contribution in [3.63, 3.8) is 0 Å². The number of aromatic nitrogens is 1. The zero-order valence-electron chi connectivity index (χ0n) is 16.1. The van der Waals surface area contributed by atoms with E-state index >= 15 is 0 Å². The second kappa shape index (κ2) is 10.1. The Kier molecular flexibility index (Phi) is 7.22. The number of methoxy groups -OCH3 is 1. The molecule has 1 aromatic heterocycles. The Morgan fingerprint density at radius 1 is 1.22 bits per heavy atom. The van der Waals surface area contributed by atoms with Crippen molar-refractivity contribution < 1.29 is 9.53 Å². The molecule has 0 aliphatic carbocycles. The van der Waals surface area contributed by atoms with Crippen LogP contribution in [0.1, 0.15) is 36.9 Å². The third-order valence-electron chi connectivity index (χ3n) is 5.13. The summed E-state index contributed by atoms with van der Waals surface area (Å²) in [5, 5.41) is 3.44. The highest BCUT2D eigenvalue weighted by Crippen LogP contribution is 2.19. The molecule has 1 aliphatic heterocycles. The van der Waals surface area contributed by atoms with Crippen LogP contribution in [-0.2, 0) is 17.8 Å². The van der Waals surface area contributed by atoms with Crippen LogP contribution in [0.25, 0.3) is 0 Å². The molecule has 0 spiro atoms. The van der Waals surface area contributed by atoms with E-state index in [0.717, 1.165) is 55.8 Å². The molecule has 1 amide bonds. The predicted octanol–water partition coefficient (Wildman–Crippen LogP) is 3.19. The topological polar surface area (TPSA) is 54.5 Å². The zero-order chi connectivity index (χ0) is 18.9. The maximum Gasteiger partial charge on any atom is 0.223 e. The molecule has 2 heterocycles. The summed E-state index contributed by atoms with van der Waals surface area (Å²) in [6.45, 7) is 2.58. The summed E-state index contributed by atoms with van der Waals surface area (Å²) in [6.07, 6.45) is 6.17. The zero-order valence-corrected chi connectivity index (χ0v) is 16.1. The molecule has 0 radical (unpaired) electrons. The number of nitrogens with one attached hydrogen (secondary N) is 1. The second-order valence-electron chi connectivity index (χ2n) is 7.03. The maximum absolute atomic E-state index is 13.1. The van der Waals surface area contributed by atoms with Crippen LogP contribution in [0.5, 0.6) is 5.75 Å². The Hall–Kier alpha value is -2.40. The van der Waals surface area contributed by atoms with E-state index in [-0.39, 0.29) is 11.9 Å². The standard InChI is InChI=1S/C22H29N3O2/c1-27-21-9-4-6-18(16-21)10-11-22(26)25(17-19-7-2-3-14-24-19)20-8-5-13-23-15-12-20/h2-4,6-7,9,14,16,20,23H,5,8,10-13,15,17H2,1H3. The van der Waals surface area contributed by atoms with Gasteiger partial charge in [0.05, 0.1) is 19.3 Å². The number of carbonyl (C=O) groups is 1. The van der Waals surface area contributed by atoms with Crippen molar-refractivity contribution in [2.24, 2.45) is 0 Å². The fraction of sp³-hybridized carbons (Fsp3) is 0.455. The molecule has 144 valence electrons. The maximum atomic E-state index is 13.1. The highest BCUT2D eigenvalue weighted by molar-refractivity contribution is 5.76. The lowest BCUT2D eigenvalue weighted by molar-refractivity contribution is -0.134. The monoisotopic (exact) mass is 367 g/mol. The Morgan fingerprint density at radius 3 is 2.96 bits per heavy atom. The fourth-order valence-corrected chi connectivity index (χ4v) is 3.62. The van der Waals surface area contributed by atoms with E-state index in [0.29, 0.717) is 13.0 Å². The first-order valence-corrected chi connectivity index (χ1v) is 9.79. The van der Waals surface area contributed by atoms with Crippen LogP contribution < -0.4 is 10.1 Å². The molecule has 1 aromatic carbocycles. The SMILES string of the molecule is COc1cccc(CCC(=O)N(Cc2ccccn2)C2CCCNCC2)c1. The van der Waals surface area contributed by atoms with Crippen molar-refractivity contribution in [1.29, 1.82) is 0 Å². The van der Waals surface area contributed by atoms with Crippen molar-refractivity contribution in [1.82, 2.24) is 15.2 Å². The molecule has 0 saturated carbocycles. The highest BCUT2D eigenvalue weighted by atomic mass is 16.5. The van der Waals surface area contributed by atoms with Gasteiger partial charge in [-0.15, -0.1) is 0 Å². The Morgan fingerprint density at radius 2 is 2.15 bits per heavy atom. The normalized spacial score (nSPS) is 17.1. The number of aryl methyl sites for hydroxylation is 1. The van der Waals surface area contributed by atoms with Gasteiger partial charge in [0.25, 0.3) is 0 Å². The number of hydrogen-bond donors (Lipinski definition) is 1. The van der Waals surface area contributed by atoms with E-state index in [2.05, 4.69) is 21.3 Å². The molecule has 2 aromatic rings. The van der Waals surface area contributed by atoms with E-state index in [1.54, 1.807) is 13.3 Å². The summed E-state index contributed by atoms with van der Waals surface area (Å²) in [4.78, 5) is 19.6. The number of ether oxygens (including phenoxy) is 1. The van der Waals surface area contributed by atoms with Gasteiger partial charge < -0.3 is 15.0 Å². The third kappa shape index (κ3) is 5.79. The highest BCUT2D eigenvalue weighted by Gasteiger charge is 2.24. The van der Waals surface area contributed by atoms with Gasteiger partial charge in [0, 0.05) is 18.7 Å². The van der Waals surface area contributed by atoms with Crippen LogP contribution in [0.15, 0.2) is 48.7 Å². The van der Waals surface area contributed by atoms with Gasteiger partial charge in [-0.05, 0) is 68.6 Å². The van der Waals surface area contributed by atoms with Crippen molar-refractivity contribution in [2.75, 3.05) is 20.2 Å². The van der Waals surface area contributed by atoms with E-state index in [4.69, 9.17) is 4.74 Å². The minimum atomic E-state index is 0.204. The Balaban J connectivity index is 1.69. The number of nitrogens with zero attached hydrogens (tertiary/aromatic N) is 2. The molecule has 27 heavy (non-hydrogen) atoms. The van der Waals surface area contributed by atoms with Gasteiger partial charge in [0.15, 0.2) is 0 Å². The average Bonchev–Trinajstić information content (AvgIpc) is 3.00. The lowest BCUT2D eigenvalue weighted by atomic mass is 10.0. The van der Waals surface area contributed by atoms with E-state index in [1.165, 1.54) is 0 Å². The van der Waals surface area contributed by atoms with Crippen LogP contribution in [0.3, 0.4) is 0 Å². The van der Waals surface area contributed by atoms with Crippen LogP contribution in [-0.4, -0.2) is 42.0 Å². The number of amides is 1. The molecular formula is C22H29N3O2. The number of rotatable bonds is 7. The smallest absolute Gasteiger partial charge is 0.223 e. The second-order valence-corrected chi connectivity index (χ2v) is 7.03. The van der Waals surface area contributed by atoms with Crippen molar-refractivity contribution >= 4 is 5.91 Å². The van der Waals surface area contributed by atoms with Gasteiger partial charge in [-0.1, -0.05) is 18.2 Å². The molecule has 1 saturated heterocycles. The fourth-order valence-electron chi connectivity index (χ4n) is 3.62. The molecule has 1 aliphatic rings. The lowest BCUT2D eigenvalue weighted by Crippen LogP contribution is -2.40. The molecule has 1 unspecified atom stereocenters. The summed E-state index contributed by atoms with van der Waals surface area (Å²) < 4.78 is 5.29. The number of pyridine rings is 1. The molecule has 1 atom stereocenters. The van der Waals surface area contributed by atoms with Crippen molar-refractivity contribution in [2.45, 2.75) is 44.7 Å². The summed E-state index contributed by atoms with van der Waals surface area (Å²) in [7, 11) is 1.67. The molecule has 0 bridgehead atoms. The summed E-state index contributed by atoms with van der Waals surface area (Å²) in [5.41, 5.74) is 2.08. The lowest BCUT2D eigenvalue weighted by Gasteiger charge is -2.31. The van der Waals surface area contributed by atoms with Crippen LogP contribution in [0.4, 0.5) is 0 Å². The molecular weight excluding hydrogens is 338 g/mol. The molecule has 1 fully saturated rings. The number of carbonyl (C=O) groups excluding carboxylic acids is 1. The Labute approximate surface area is 161 Å². The largest absolute Gasteiger partial charge is 0.497 e. The van der Waals surface area contributed by atoms with Crippen LogP contribution in [0.2, 0.25) is 0 Å². The average molecular weight is 367 g/mol. The molecule has 3 rings (SSSR count). The third-order valence-corrected chi connectivity index (χ3v) is 5.13.